The average molecular weight is 489 g/mol. The Bertz CT molecular complexity index is 1200. The Morgan fingerprint density at radius 1 is 0.970 bits per heavy atom. The van der Waals surface area contributed by atoms with Gasteiger partial charge in [-0.2, -0.15) is 0 Å². The number of anilines is 1. The Balaban J connectivity index is 1.72. The number of nitrogens with zero attached hydrogens (tertiary/aromatic N) is 1. The summed E-state index contributed by atoms with van der Waals surface area (Å²) in [6, 6.07) is 20.1. The lowest BCUT2D eigenvalue weighted by atomic mass is 10.2. The average Bonchev–Trinajstić information content (AvgIpc) is 2.81. The molecular weight excluding hydrogens is 464 g/mol. The fraction of sp³-hybridized carbons (Fsp3) is 0.208. The number of methoxy groups -OCH3 is 1. The number of hydrogen-bond donors (Lipinski definition) is 1. The quantitative estimate of drug-likeness (QED) is 0.435. The number of benzene rings is 3. The third kappa shape index (κ3) is 6.18. The summed E-state index contributed by atoms with van der Waals surface area (Å²) in [5.41, 5.74) is 1.14. The van der Waals surface area contributed by atoms with Crippen molar-refractivity contribution in [3.8, 4) is 11.5 Å². The minimum atomic E-state index is -4.03. The van der Waals surface area contributed by atoms with Crippen molar-refractivity contribution in [2.45, 2.75) is 11.8 Å². The van der Waals surface area contributed by atoms with Crippen LogP contribution >= 0.6 is 11.6 Å². The molecule has 0 fully saturated rings. The second-order valence-corrected chi connectivity index (χ2v) is 9.39. The summed E-state index contributed by atoms with van der Waals surface area (Å²) in [6.45, 7) is 1.79. The van der Waals surface area contributed by atoms with Crippen LogP contribution in [0, 0.1) is 6.92 Å². The van der Waals surface area contributed by atoms with Crippen molar-refractivity contribution in [2.24, 2.45) is 0 Å². The van der Waals surface area contributed by atoms with Gasteiger partial charge in [-0.15, -0.1) is 0 Å². The highest BCUT2D eigenvalue weighted by Crippen LogP contribution is 2.30. The zero-order chi connectivity index (χ0) is 23.8. The van der Waals surface area contributed by atoms with E-state index < -0.39 is 22.5 Å². The van der Waals surface area contributed by atoms with Gasteiger partial charge < -0.3 is 14.8 Å². The number of nitrogens with one attached hydrogen (secondary N) is 1. The van der Waals surface area contributed by atoms with Gasteiger partial charge in [0.05, 0.1) is 29.3 Å². The summed E-state index contributed by atoms with van der Waals surface area (Å²) >= 11 is 6.27. The molecule has 1 amide bonds. The minimum Gasteiger partial charge on any atom is -0.493 e. The van der Waals surface area contributed by atoms with E-state index in [1.54, 1.807) is 55.6 Å². The molecule has 3 aromatic carbocycles. The molecule has 3 aromatic rings. The van der Waals surface area contributed by atoms with Crippen molar-refractivity contribution < 1.29 is 22.7 Å². The highest BCUT2D eigenvalue weighted by Gasteiger charge is 2.28. The van der Waals surface area contributed by atoms with E-state index in [1.165, 1.54) is 12.1 Å². The van der Waals surface area contributed by atoms with Gasteiger partial charge in [0.25, 0.3) is 10.0 Å². The number of aryl methyl sites for hydroxylation is 1. The predicted octanol–water partition coefficient (Wildman–Crippen LogP) is 4.05. The molecule has 0 unspecified atom stereocenters. The third-order valence-electron chi connectivity index (χ3n) is 4.77. The van der Waals surface area contributed by atoms with Gasteiger partial charge in [0.1, 0.15) is 13.2 Å². The van der Waals surface area contributed by atoms with Gasteiger partial charge in [0.15, 0.2) is 11.5 Å². The van der Waals surface area contributed by atoms with Crippen molar-refractivity contribution in [3.63, 3.8) is 0 Å². The van der Waals surface area contributed by atoms with E-state index in [9.17, 15) is 13.2 Å². The maximum atomic E-state index is 13.4. The molecule has 0 heterocycles. The minimum absolute atomic E-state index is 0.0697. The lowest BCUT2D eigenvalue weighted by molar-refractivity contribution is -0.119. The third-order valence-corrected chi connectivity index (χ3v) is 6.86. The highest BCUT2D eigenvalue weighted by atomic mass is 35.5. The maximum Gasteiger partial charge on any atom is 0.264 e. The largest absolute Gasteiger partial charge is 0.493 e. The first kappa shape index (κ1) is 24.4. The number of halogens is 1. The molecule has 0 atom stereocenters. The number of ether oxygens (including phenoxy) is 2. The summed E-state index contributed by atoms with van der Waals surface area (Å²) in [5.74, 6) is 0.640. The van der Waals surface area contributed by atoms with E-state index in [-0.39, 0.29) is 28.8 Å². The highest BCUT2D eigenvalue weighted by molar-refractivity contribution is 7.92. The van der Waals surface area contributed by atoms with Gasteiger partial charge in [-0.1, -0.05) is 53.6 Å². The molecule has 0 aliphatic heterocycles. The zero-order valence-corrected chi connectivity index (χ0v) is 19.9. The summed E-state index contributed by atoms with van der Waals surface area (Å²) in [6.07, 6.45) is 0. The number of amides is 1. The number of hydrogen-bond acceptors (Lipinski definition) is 5. The van der Waals surface area contributed by atoms with E-state index in [1.807, 2.05) is 19.1 Å². The molecule has 7 nitrogen and oxygen atoms in total. The standard InChI is InChI=1S/C24H25ClN2O5S/c1-18-11-13-19(14-12-18)33(29,30)27(21-8-4-3-7-20(21)25)17-24(28)26-15-16-32-23-10-6-5-9-22(23)31-2/h3-14H,15-17H2,1-2H3,(H,26,28). The molecule has 1 N–H and O–H groups in total. The fourth-order valence-corrected chi connectivity index (χ4v) is 4.79. The first-order chi connectivity index (χ1) is 15.8. The van der Waals surface area contributed by atoms with Crippen LogP contribution in [0.1, 0.15) is 5.56 Å². The van der Waals surface area contributed by atoms with Crippen LogP contribution in [0.4, 0.5) is 5.69 Å². The lowest BCUT2D eigenvalue weighted by Crippen LogP contribution is -2.42. The van der Waals surface area contributed by atoms with Gasteiger partial charge in [-0.25, -0.2) is 8.42 Å². The van der Waals surface area contributed by atoms with Crippen molar-refractivity contribution in [1.29, 1.82) is 0 Å². The van der Waals surface area contributed by atoms with Crippen LogP contribution in [0.5, 0.6) is 11.5 Å². The first-order valence-electron chi connectivity index (χ1n) is 10.2. The van der Waals surface area contributed by atoms with E-state index >= 15 is 0 Å². The molecule has 174 valence electrons. The Labute approximate surface area is 198 Å². The van der Waals surface area contributed by atoms with Crippen molar-refractivity contribution in [3.05, 3.63) is 83.4 Å². The van der Waals surface area contributed by atoms with E-state index in [2.05, 4.69) is 5.32 Å². The second-order valence-electron chi connectivity index (χ2n) is 7.13. The summed E-state index contributed by atoms with van der Waals surface area (Å²) < 4.78 is 38.6. The number of sulfonamides is 1. The summed E-state index contributed by atoms with van der Waals surface area (Å²) in [7, 11) is -2.49. The first-order valence-corrected chi connectivity index (χ1v) is 12.0. The molecular formula is C24H25ClN2O5S. The van der Waals surface area contributed by atoms with Crippen molar-refractivity contribution in [2.75, 3.05) is 31.1 Å². The maximum absolute atomic E-state index is 13.4. The van der Waals surface area contributed by atoms with E-state index in [4.69, 9.17) is 21.1 Å². The molecule has 0 saturated heterocycles. The normalized spacial score (nSPS) is 11.0. The SMILES string of the molecule is COc1ccccc1OCCNC(=O)CN(c1ccccc1Cl)S(=O)(=O)c1ccc(C)cc1. The van der Waals surface area contributed by atoms with Crippen LogP contribution in [0.2, 0.25) is 5.02 Å². The predicted molar refractivity (Wildman–Crippen MR) is 129 cm³/mol. The Kier molecular flexibility index (Phi) is 8.19. The zero-order valence-electron chi connectivity index (χ0n) is 18.3. The number of carbonyl (C=O) groups excluding carboxylic acids is 1. The number of rotatable bonds is 10. The van der Waals surface area contributed by atoms with Gasteiger partial charge >= 0.3 is 0 Å². The van der Waals surface area contributed by atoms with Crippen LogP contribution in [-0.2, 0) is 14.8 Å². The molecule has 9 heteroatoms. The van der Waals surface area contributed by atoms with Crippen molar-refractivity contribution >= 4 is 33.2 Å². The van der Waals surface area contributed by atoms with E-state index in [0.29, 0.717) is 11.5 Å². The topological polar surface area (TPSA) is 84.9 Å². The van der Waals surface area contributed by atoms with Gasteiger partial charge in [-0.3, -0.25) is 9.10 Å². The van der Waals surface area contributed by atoms with Gasteiger partial charge in [0.2, 0.25) is 5.91 Å². The van der Waals surface area contributed by atoms with Crippen LogP contribution < -0.4 is 19.1 Å². The molecule has 0 aliphatic rings. The summed E-state index contributed by atoms with van der Waals surface area (Å²) in [5, 5.41) is 2.91. The molecule has 33 heavy (non-hydrogen) atoms. The fourth-order valence-electron chi connectivity index (χ4n) is 3.07. The Morgan fingerprint density at radius 2 is 1.61 bits per heavy atom. The molecule has 0 radical (unpaired) electrons. The number of para-hydroxylation sites is 3. The Hall–Kier alpha value is -3.23. The second kappa shape index (κ2) is 11.1. The van der Waals surface area contributed by atoms with Gasteiger partial charge in [0, 0.05) is 0 Å². The van der Waals surface area contributed by atoms with Crippen LogP contribution in [0.3, 0.4) is 0 Å². The molecule has 3 rings (SSSR count). The van der Waals surface area contributed by atoms with Crippen LogP contribution in [-0.4, -0.2) is 41.1 Å². The van der Waals surface area contributed by atoms with Gasteiger partial charge in [-0.05, 0) is 43.3 Å². The lowest BCUT2D eigenvalue weighted by Gasteiger charge is -2.25. The molecule has 0 aliphatic carbocycles. The van der Waals surface area contributed by atoms with Crippen LogP contribution in [0.15, 0.2) is 77.7 Å². The van der Waals surface area contributed by atoms with Crippen LogP contribution in [0.25, 0.3) is 0 Å². The van der Waals surface area contributed by atoms with E-state index in [0.717, 1.165) is 9.87 Å². The Morgan fingerprint density at radius 3 is 2.27 bits per heavy atom. The molecule has 0 bridgehead atoms. The van der Waals surface area contributed by atoms with Crippen molar-refractivity contribution in [1.82, 2.24) is 5.32 Å². The molecule has 0 aromatic heterocycles. The smallest absolute Gasteiger partial charge is 0.264 e. The summed E-state index contributed by atoms with van der Waals surface area (Å²) in [4.78, 5) is 12.7. The molecule has 0 spiro atoms. The monoisotopic (exact) mass is 488 g/mol. The molecule has 0 saturated carbocycles. The number of carbonyl (C=O) groups is 1.